The third kappa shape index (κ3) is 4.73. The molecule has 5 nitrogen and oxygen atoms in total. The van der Waals surface area contributed by atoms with Gasteiger partial charge < -0.3 is 13.9 Å². The molecule has 3 rings (SSSR count). The molecule has 2 aromatic carbocycles. The zero-order chi connectivity index (χ0) is 20.3. The number of esters is 1. The highest BCUT2D eigenvalue weighted by Crippen LogP contribution is 2.25. The first-order valence-corrected chi connectivity index (χ1v) is 9.34. The summed E-state index contributed by atoms with van der Waals surface area (Å²) in [4.78, 5) is 24.2. The highest BCUT2D eigenvalue weighted by atomic mass is 35.5. The lowest BCUT2D eigenvalue weighted by Gasteiger charge is -2.10. The van der Waals surface area contributed by atoms with E-state index in [1.165, 1.54) is 6.07 Å². The minimum Gasteiger partial charge on any atom is -0.493 e. The molecular weight excluding hydrogens is 380 g/mol. The molecule has 0 aliphatic rings. The van der Waals surface area contributed by atoms with Crippen molar-refractivity contribution in [2.75, 3.05) is 6.61 Å². The van der Waals surface area contributed by atoms with Gasteiger partial charge in [-0.05, 0) is 54.8 Å². The summed E-state index contributed by atoms with van der Waals surface area (Å²) in [5.74, 6) is 0.622. The van der Waals surface area contributed by atoms with Crippen LogP contribution in [0, 0.1) is 12.8 Å². The maximum atomic E-state index is 12.3. The molecule has 0 fully saturated rings. The molecule has 28 heavy (non-hydrogen) atoms. The Morgan fingerprint density at radius 3 is 2.54 bits per heavy atom. The number of hydrogen-bond donors (Lipinski definition) is 0. The molecule has 0 N–H and O–H groups in total. The first kappa shape index (κ1) is 20.0. The predicted molar refractivity (Wildman–Crippen MR) is 108 cm³/mol. The molecule has 0 aliphatic carbocycles. The quantitative estimate of drug-likeness (QED) is 0.423. The van der Waals surface area contributed by atoms with Gasteiger partial charge in [-0.15, -0.1) is 0 Å². The lowest BCUT2D eigenvalue weighted by Crippen LogP contribution is -2.08. The van der Waals surface area contributed by atoms with E-state index in [1.54, 1.807) is 36.4 Å². The Kier molecular flexibility index (Phi) is 6.05. The smallest absolute Gasteiger partial charge is 0.338 e. The van der Waals surface area contributed by atoms with E-state index in [0.717, 1.165) is 5.56 Å². The van der Waals surface area contributed by atoms with E-state index in [1.807, 2.05) is 6.92 Å². The highest BCUT2D eigenvalue weighted by Gasteiger charge is 2.12. The minimum absolute atomic E-state index is 0.0636. The monoisotopic (exact) mass is 400 g/mol. The van der Waals surface area contributed by atoms with Crippen LogP contribution < -0.4 is 10.4 Å². The van der Waals surface area contributed by atoms with Gasteiger partial charge in [0.25, 0.3) is 0 Å². The fraction of sp³-hybridized carbons (Fsp3) is 0.273. The molecule has 0 saturated heterocycles. The Hall–Kier alpha value is -2.79. The van der Waals surface area contributed by atoms with Crippen LogP contribution >= 0.6 is 11.6 Å². The van der Waals surface area contributed by atoms with Crippen molar-refractivity contribution in [3.63, 3.8) is 0 Å². The largest absolute Gasteiger partial charge is 0.493 e. The third-order valence-corrected chi connectivity index (χ3v) is 4.55. The Morgan fingerprint density at radius 2 is 1.86 bits per heavy atom. The maximum absolute atomic E-state index is 12.3. The van der Waals surface area contributed by atoms with Gasteiger partial charge in [0.05, 0.1) is 12.2 Å². The fourth-order valence-electron chi connectivity index (χ4n) is 2.64. The standard InChI is InChI=1S/C22H21ClO5/c1-13(2)11-26-17-6-4-15(5-7-17)22(25)27-12-16-9-21(24)28-20-8-14(3)19(23)10-18(16)20/h4-10,13H,11-12H2,1-3H3. The van der Waals surface area contributed by atoms with Crippen LogP contribution in [0.15, 0.2) is 51.7 Å². The predicted octanol–water partition coefficient (Wildman–Crippen LogP) is 5.15. The number of halogens is 1. The molecule has 0 aliphatic heterocycles. The summed E-state index contributed by atoms with van der Waals surface area (Å²) >= 11 is 6.18. The summed E-state index contributed by atoms with van der Waals surface area (Å²) in [5.41, 5.74) is 1.64. The number of aryl methyl sites for hydroxylation is 1. The molecule has 0 unspecified atom stereocenters. The molecule has 1 aromatic heterocycles. The van der Waals surface area contributed by atoms with Gasteiger partial charge >= 0.3 is 11.6 Å². The summed E-state index contributed by atoms with van der Waals surface area (Å²) < 4.78 is 16.2. The van der Waals surface area contributed by atoms with Crippen molar-refractivity contribution in [1.29, 1.82) is 0 Å². The van der Waals surface area contributed by atoms with Gasteiger partial charge in [0, 0.05) is 22.0 Å². The van der Waals surface area contributed by atoms with Crippen molar-refractivity contribution in [2.45, 2.75) is 27.4 Å². The van der Waals surface area contributed by atoms with Crippen LogP contribution in [-0.2, 0) is 11.3 Å². The van der Waals surface area contributed by atoms with E-state index >= 15 is 0 Å². The summed E-state index contributed by atoms with van der Waals surface area (Å²) in [6.07, 6.45) is 0. The molecule has 1 heterocycles. The van der Waals surface area contributed by atoms with Gasteiger partial charge in [0.2, 0.25) is 0 Å². The van der Waals surface area contributed by atoms with E-state index in [2.05, 4.69) is 13.8 Å². The van der Waals surface area contributed by atoms with Crippen molar-refractivity contribution < 1.29 is 18.7 Å². The van der Waals surface area contributed by atoms with Crippen molar-refractivity contribution >= 4 is 28.5 Å². The molecule has 0 spiro atoms. The molecule has 146 valence electrons. The van der Waals surface area contributed by atoms with Crippen molar-refractivity contribution in [3.8, 4) is 5.75 Å². The molecule has 0 amide bonds. The van der Waals surface area contributed by atoms with Crippen LogP contribution in [-0.4, -0.2) is 12.6 Å². The molecule has 6 heteroatoms. The van der Waals surface area contributed by atoms with Gasteiger partial charge in [-0.3, -0.25) is 0 Å². The van der Waals surface area contributed by atoms with Gasteiger partial charge in [-0.25, -0.2) is 9.59 Å². The summed E-state index contributed by atoms with van der Waals surface area (Å²) in [5, 5.41) is 1.19. The van der Waals surface area contributed by atoms with Gasteiger partial charge in [-0.1, -0.05) is 25.4 Å². The Morgan fingerprint density at radius 1 is 1.14 bits per heavy atom. The summed E-state index contributed by atoms with van der Waals surface area (Å²) in [7, 11) is 0. The van der Waals surface area contributed by atoms with Crippen LogP contribution in [0.1, 0.15) is 35.3 Å². The number of rotatable bonds is 6. The van der Waals surface area contributed by atoms with E-state index in [0.29, 0.717) is 45.4 Å². The van der Waals surface area contributed by atoms with Crippen LogP contribution in [0.2, 0.25) is 5.02 Å². The van der Waals surface area contributed by atoms with Crippen molar-refractivity contribution in [3.05, 3.63) is 74.6 Å². The van der Waals surface area contributed by atoms with E-state index in [-0.39, 0.29) is 6.61 Å². The molecule has 3 aromatic rings. The Bertz CT molecular complexity index is 1050. The molecule has 0 atom stereocenters. The van der Waals surface area contributed by atoms with Crippen LogP contribution in [0.25, 0.3) is 11.0 Å². The Balaban J connectivity index is 1.74. The fourth-order valence-corrected chi connectivity index (χ4v) is 2.81. The second-order valence-electron chi connectivity index (χ2n) is 6.99. The average Bonchev–Trinajstić information content (AvgIpc) is 2.66. The zero-order valence-corrected chi connectivity index (χ0v) is 16.7. The topological polar surface area (TPSA) is 65.7 Å². The lowest BCUT2D eigenvalue weighted by atomic mass is 10.1. The van der Waals surface area contributed by atoms with E-state index in [9.17, 15) is 9.59 Å². The summed E-state index contributed by atoms with van der Waals surface area (Å²) in [6, 6.07) is 11.5. The Labute approximate surface area is 167 Å². The van der Waals surface area contributed by atoms with Crippen molar-refractivity contribution in [2.24, 2.45) is 5.92 Å². The first-order valence-electron chi connectivity index (χ1n) is 8.96. The average molecular weight is 401 g/mol. The zero-order valence-electron chi connectivity index (χ0n) is 16.0. The molecular formula is C22H21ClO5. The third-order valence-electron chi connectivity index (χ3n) is 4.14. The minimum atomic E-state index is -0.507. The van der Waals surface area contributed by atoms with Crippen LogP contribution in [0.4, 0.5) is 0 Å². The van der Waals surface area contributed by atoms with E-state index in [4.69, 9.17) is 25.5 Å². The number of hydrogen-bond acceptors (Lipinski definition) is 5. The SMILES string of the molecule is Cc1cc2oc(=O)cc(COC(=O)c3ccc(OCC(C)C)cc3)c2cc1Cl. The highest BCUT2D eigenvalue weighted by molar-refractivity contribution is 6.32. The maximum Gasteiger partial charge on any atom is 0.338 e. The van der Waals surface area contributed by atoms with Gasteiger partial charge in [0.15, 0.2) is 0 Å². The van der Waals surface area contributed by atoms with Gasteiger partial charge in [0.1, 0.15) is 17.9 Å². The number of fused-ring (bicyclic) bond motifs is 1. The number of carbonyl (C=O) groups excluding carboxylic acids is 1. The second-order valence-corrected chi connectivity index (χ2v) is 7.40. The van der Waals surface area contributed by atoms with E-state index < -0.39 is 11.6 Å². The van der Waals surface area contributed by atoms with Crippen molar-refractivity contribution in [1.82, 2.24) is 0 Å². The molecule has 0 radical (unpaired) electrons. The molecule has 0 saturated carbocycles. The summed E-state index contributed by atoms with van der Waals surface area (Å²) in [6.45, 7) is 6.49. The normalized spacial score (nSPS) is 11.0. The van der Waals surface area contributed by atoms with Crippen LogP contribution in [0.3, 0.4) is 0 Å². The van der Waals surface area contributed by atoms with Gasteiger partial charge in [-0.2, -0.15) is 0 Å². The number of benzene rings is 2. The first-order chi connectivity index (χ1) is 13.3. The molecule has 0 bridgehead atoms. The number of ether oxygens (including phenoxy) is 2. The van der Waals surface area contributed by atoms with Crippen LogP contribution in [0.5, 0.6) is 5.75 Å². The number of carbonyl (C=O) groups is 1. The second kappa shape index (κ2) is 8.48. The lowest BCUT2D eigenvalue weighted by molar-refractivity contribution is 0.0474.